The quantitative estimate of drug-likeness (QED) is 0.0658. The lowest BCUT2D eigenvalue weighted by Gasteiger charge is -2.33. The molecule has 0 N–H and O–H groups in total. The van der Waals surface area contributed by atoms with Gasteiger partial charge in [-0.1, -0.05) is 267 Å². The zero-order valence-electron chi connectivity index (χ0n) is 53.1. The summed E-state index contributed by atoms with van der Waals surface area (Å²) in [6.07, 6.45) is 17.8. The van der Waals surface area contributed by atoms with Crippen LogP contribution in [0.3, 0.4) is 0 Å². The molecular weight excluding hydrogens is 1110 g/mol. The van der Waals surface area contributed by atoms with E-state index in [4.69, 9.17) is 4.42 Å². The molecule has 0 spiro atoms. The van der Waals surface area contributed by atoms with Gasteiger partial charge in [-0.05, 0) is 176 Å². The molecule has 12 aromatic carbocycles. The molecule has 16 rings (SSSR count). The molecule has 92 heavy (non-hydrogen) atoms. The molecular formula is C89H78N2O. The maximum Gasteiger partial charge on any atom is 0.143 e. The van der Waals surface area contributed by atoms with E-state index in [1.165, 1.54) is 195 Å². The Bertz CT molecular complexity index is 5160. The Labute approximate surface area is 541 Å². The second-order valence-corrected chi connectivity index (χ2v) is 26.1. The van der Waals surface area contributed by atoms with Gasteiger partial charge in [-0.2, -0.15) is 0 Å². The number of fused-ring (bicyclic) bond motifs is 12. The Balaban J connectivity index is 0.851. The number of hydrogen-bond donors (Lipinski definition) is 0. The summed E-state index contributed by atoms with van der Waals surface area (Å²) in [5, 5.41) is 7.24. The minimum absolute atomic E-state index is 0.0737. The fourth-order valence-corrected chi connectivity index (χ4v) is 15.9. The first kappa shape index (κ1) is 57.2. The normalized spacial score (nSPS) is 12.7. The van der Waals surface area contributed by atoms with Crippen molar-refractivity contribution in [2.75, 3.05) is 0 Å². The third kappa shape index (κ3) is 10.2. The van der Waals surface area contributed by atoms with Crippen LogP contribution in [0.15, 0.2) is 271 Å². The highest BCUT2D eigenvalue weighted by atomic mass is 16.3. The van der Waals surface area contributed by atoms with E-state index in [2.05, 4.69) is 290 Å². The molecule has 0 radical (unpaired) electrons. The smallest absolute Gasteiger partial charge is 0.143 e. The van der Waals surface area contributed by atoms with Crippen LogP contribution in [0.1, 0.15) is 115 Å². The Hall–Kier alpha value is -9.96. The van der Waals surface area contributed by atoms with E-state index in [9.17, 15) is 0 Å². The first-order valence-electron chi connectivity index (χ1n) is 34.2. The van der Waals surface area contributed by atoms with Crippen LogP contribution in [0.5, 0.6) is 0 Å². The topological polar surface area (TPSA) is 23.0 Å². The fourth-order valence-electron chi connectivity index (χ4n) is 15.9. The number of nitrogens with zero attached hydrogens (tertiary/aromatic N) is 2. The van der Waals surface area contributed by atoms with Crippen molar-refractivity contribution >= 4 is 65.6 Å². The second-order valence-electron chi connectivity index (χ2n) is 26.1. The summed E-state index contributed by atoms with van der Waals surface area (Å²) in [7, 11) is 0. The van der Waals surface area contributed by atoms with Gasteiger partial charge < -0.3 is 13.6 Å². The highest BCUT2D eigenvalue weighted by Gasteiger charge is 2.43. The summed E-state index contributed by atoms with van der Waals surface area (Å²) in [6, 6.07) is 100. The van der Waals surface area contributed by atoms with Crippen molar-refractivity contribution in [1.29, 1.82) is 0 Å². The van der Waals surface area contributed by atoms with Gasteiger partial charge in [0.2, 0.25) is 0 Å². The van der Waals surface area contributed by atoms with Gasteiger partial charge in [-0.3, -0.25) is 0 Å². The van der Waals surface area contributed by atoms with Crippen LogP contribution < -0.4 is 0 Å². The molecule has 1 aliphatic carbocycles. The minimum atomic E-state index is -0.0737. The summed E-state index contributed by atoms with van der Waals surface area (Å²) in [5.74, 6) is 0. The molecule has 0 aliphatic heterocycles. The van der Waals surface area contributed by atoms with Gasteiger partial charge in [0, 0.05) is 54.7 Å². The largest absolute Gasteiger partial charge is 0.455 e. The maximum atomic E-state index is 6.57. The van der Waals surface area contributed by atoms with Crippen LogP contribution in [0.25, 0.3) is 144 Å². The lowest BCUT2D eigenvalue weighted by molar-refractivity contribution is 0.398. The van der Waals surface area contributed by atoms with Crippen molar-refractivity contribution in [3.05, 3.63) is 278 Å². The SMILES string of the molecule is CCCCCCCCC1(CCCCCCCC)c2cc(-c3ccccc3)ccc2-c2ccc(-c3ccc4c(c3)c3cc(-c5ccc6c(c5)c5cc(-c7ccccc7)ccc5n6-c5ccccc5)ccc3n4-c3ccc(-c4cccc5c4oc4ccccc45)cc3)cc21. The molecule has 3 aromatic heterocycles. The molecule has 0 saturated carbocycles. The standard InChI is InChI=1S/C89H78N2O/c1-3-5-7-9-11-24-53-89(54-25-12-10-8-6-4-2)81-59-68(62-29-18-14-19-30-62)39-47-73(81)74-48-40-69(60-82(74)89)67-44-52-86-80(58-67)79-57-66(43-51-85(79)91(86)71-45-37-63(38-46-71)72-34-26-35-76-75-33-22-23-36-87(75)92-88(72)76)65-42-50-84-78(56-65)77-55-64(61-27-16-13-17-28-61)41-49-83(77)90(84)70-31-20-15-21-32-70/h13-23,26-52,55-60H,3-12,24-25,53-54H2,1-2H3. The maximum absolute atomic E-state index is 6.57. The number of para-hydroxylation sites is 3. The molecule has 3 heterocycles. The Morgan fingerprint density at radius 3 is 1.15 bits per heavy atom. The Morgan fingerprint density at radius 2 is 0.652 bits per heavy atom. The third-order valence-electron chi connectivity index (χ3n) is 20.5. The molecule has 0 bridgehead atoms. The first-order valence-corrected chi connectivity index (χ1v) is 34.2. The summed E-state index contributed by atoms with van der Waals surface area (Å²) >= 11 is 0. The van der Waals surface area contributed by atoms with Crippen molar-refractivity contribution in [3.8, 4) is 78.1 Å². The lowest BCUT2D eigenvalue weighted by Crippen LogP contribution is -2.25. The number of furan rings is 1. The predicted octanol–water partition coefficient (Wildman–Crippen LogP) is 25.9. The number of unbranched alkanes of at least 4 members (excludes halogenated alkanes) is 10. The average molecular weight is 1190 g/mol. The lowest BCUT2D eigenvalue weighted by atomic mass is 9.70. The highest BCUT2D eigenvalue weighted by Crippen LogP contribution is 2.56. The van der Waals surface area contributed by atoms with Crippen molar-refractivity contribution in [2.24, 2.45) is 0 Å². The van der Waals surface area contributed by atoms with E-state index in [1.807, 2.05) is 0 Å². The first-order chi connectivity index (χ1) is 45.5. The van der Waals surface area contributed by atoms with Crippen LogP contribution in [-0.2, 0) is 5.41 Å². The molecule has 0 amide bonds. The summed E-state index contributed by atoms with van der Waals surface area (Å²) in [4.78, 5) is 0. The van der Waals surface area contributed by atoms with E-state index in [0.29, 0.717) is 0 Å². The Kier molecular flexibility index (Phi) is 15.3. The average Bonchev–Trinajstić information content (AvgIpc) is 2.65. The van der Waals surface area contributed by atoms with Gasteiger partial charge >= 0.3 is 0 Å². The van der Waals surface area contributed by atoms with Crippen LogP contribution >= 0.6 is 0 Å². The van der Waals surface area contributed by atoms with Gasteiger partial charge in [0.25, 0.3) is 0 Å². The molecule has 450 valence electrons. The van der Waals surface area contributed by atoms with Crippen LogP contribution in [0.4, 0.5) is 0 Å². The van der Waals surface area contributed by atoms with E-state index in [0.717, 1.165) is 44.4 Å². The van der Waals surface area contributed by atoms with Crippen LogP contribution in [0, 0.1) is 0 Å². The van der Waals surface area contributed by atoms with Gasteiger partial charge in [0.05, 0.1) is 22.1 Å². The minimum Gasteiger partial charge on any atom is -0.455 e. The van der Waals surface area contributed by atoms with E-state index >= 15 is 0 Å². The van der Waals surface area contributed by atoms with Gasteiger partial charge in [0.15, 0.2) is 0 Å². The monoisotopic (exact) mass is 1190 g/mol. The number of aromatic nitrogens is 2. The predicted molar refractivity (Wildman–Crippen MR) is 392 cm³/mol. The molecule has 3 nitrogen and oxygen atoms in total. The zero-order valence-corrected chi connectivity index (χ0v) is 53.1. The van der Waals surface area contributed by atoms with E-state index in [-0.39, 0.29) is 5.41 Å². The molecule has 0 unspecified atom stereocenters. The molecule has 15 aromatic rings. The second kappa shape index (κ2) is 24.7. The third-order valence-corrected chi connectivity index (χ3v) is 20.5. The van der Waals surface area contributed by atoms with Gasteiger partial charge in [-0.15, -0.1) is 0 Å². The van der Waals surface area contributed by atoms with Crippen molar-refractivity contribution in [1.82, 2.24) is 9.13 Å². The van der Waals surface area contributed by atoms with Gasteiger partial charge in [-0.25, -0.2) is 0 Å². The number of rotatable bonds is 21. The molecule has 3 heteroatoms. The Morgan fingerprint density at radius 1 is 0.272 bits per heavy atom. The fraction of sp³-hybridized carbons (Fsp3) is 0.191. The number of hydrogen-bond acceptors (Lipinski definition) is 1. The summed E-state index contributed by atoms with van der Waals surface area (Å²) < 4.78 is 11.5. The van der Waals surface area contributed by atoms with Gasteiger partial charge in [0.1, 0.15) is 11.2 Å². The van der Waals surface area contributed by atoms with E-state index < -0.39 is 0 Å². The molecule has 0 saturated heterocycles. The van der Waals surface area contributed by atoms with Crippen molar-refractivity contribution < 1.29 is 4.42 Å². The van der Waals surface area contributed by atoms with Crippen LogP contribution in [0.2, 0.25) is 0 Å². The van der Waals surface area contributed by atoms with Crippen LogP contribution in [-0.4, -0.2) is 9.13 Å². The molecule has 1 aliphatic rings. The highest BCUT2D eigenvalue weighted by molar-refractivity contribution is 6.14. The molecule has 0 atom stereocenters. The molecule has 0 fully saturated rings. The van der Waals surface area contributed by atoms with Crippen molar-refractivity contribution in [3.63, 3.8) is 0 Å². The summed E-state index contributed by atoms with van der Waals surface area (Å²) in [5.41, 5.74) is 26.9. The summed E-state index contributed by atoms with van der Waals surface area (Å²) in [6.45, 7) is 4.66. The van der Waals surface area contributed by atoms with E-state index in [1.54, 1.807) is 5.56 Å². The van der Waals surface area contributed by atoms with Crippen molar-refractivity contribution in [2.45, 2.75) is 109 Å². The number of benzene rings is 12. The zero-order chi connectivity index (χ0) is 61.5.